The molecule has 24 heavy (non-hydrogen) atoms. The van der Waals surface area contributed by atoms with E-state index in [9.17, 15) is 9.59 Å². The van der Waals surface area contributed by atoms with Crippen LogP contribution >= 0.6 is 11.6 Å². The Labute approximate surface area is 145 Å². The van der Waals surface area contributed by atoms with Crippen LogP contribution in [0.2, 0.25) is 5.02 Å². The predicted octanol–water partition coefficient (Wildman–Crippen LogP) is 1.86. The number of anilines is 1. The van der Waals surface area contributed by atoms with E-state index in [0.29, 0.717) is 11.6 Å². The van der Waals surface area contributed by atoms with Crippen LogP contribution in [0.15, 0.2) is 42.5 Å². The van der Waals surface area contributed by atoms with Crippen LogP contribution in [-0.4, -0.2) is 23.4 Å². The highest BCUT2D eigenvalue weighted by atomic mass is 35.5. The lowest BCUT2D eigenvalue weighted by atomic mass is 10.1. The predicted molar refractivity (Wildman–Crippen MR) is 94.1 cm³/mol. The van der Waals surface area contributed by atoms with Crippen molar-refractivity contribution in [1.29, 1.82) is 0 Å². The van der Waals surface area contributed by atoms with E-state index in [0.717, 1.165) is 16.1 Å². The molecule has 0 aromatic heterocycles. The summed E-state index contributed by atoms with van der Waals surface area (Å²) in [6.45, 7) is 2.08. The van der Waals surface area contributed by atoms with E-state index in [1.54, 1.807) is 0 Å². The quantitative estimate of drug-likeness (QED) is 0.333. The summed E-state index contributed by atoms with van der Waals surface area (Å²) in [5.74, 6) is 4.77. The molecule has 2 aromatic carbocycles. The molecule has 5 N–H and O–H groups in total. The number of hydrogen-bond acceptors (Lipinski definition) is 4. The summed E-state index contributed by atoms with van der Waals surface area (Å²) in [5, 5.41) is 3.96. The summed E-state index contributed by atoms with van der Waals surface area (Å²) in [4.78, 5) is 24.2. The molecule has 0 aliphatic rings. The van der Waals surface area contributed by atoms with Crippen molar-refractivity contribution >= 4 is 29.1 Å². The Hall–Kier alpha value is -2.57. The van der Waals surface area contributed by atoms with Gasteiger partial charge in [-0.05, 0) is 30.7 Å². The molecule has 0 bridgehead atoms. The number of nitrogens with zero attached hydrogens (tertiary/aromatic N) is 1. The molecule has 0 aliphatic heterocycles. The third kappa shape index (κ3) is 4.71. The molecule has 0 saturated carbocycles. The van der Waals surface area contributed by atoms with E-state index >= 15 is 0 Å². The number of hydrazine groups is 1. The molecule has 0 saturated heterocycles. The molecule has 0 aliphatic carbocycles. The molecule has 0 unspecified atom stereocenters. The summed E-state index contributed by atoms with van der Waals surface area (Å²) in [7, 11) is 0. The first kappa shape index (κ1) is 17.8. The molecule has 2 amide bonds. The van der Waals surface area contributed by atoms with Crippen LogP contribution < -0.4 is 16.9 Å². The molecule has 0 fully saturated rings. The van der Waals surface area contributed by atoms with E-state index in [2.05, 4.69) is 5.32 Å². The van der Waals surface area contributed by atoms with Gasteiger partial charge in [-0.1, -0.05) is 41.4 Å². The third-order valence-electron chi connectivity index (χ3n) is 3.43. The van der Waals surface area contributed by atoms with Gasteiger partial charge >= 0.3 is 0 Å². The number of rotatable bonds is 5. The van der Waals surface area contributed by atoms with Crippen LogP contribution in [0.4, 0.5) is 5.69 Å². The monoisotopic (exact) mass is 346 g/mol. The first-order chi connectivity index (χ1) is 11.4. The summed E-state index contributed by atoms with van der Waals surface area (Å²) >= 11 is 5.79. The Morgan fingerprint density at radius 3 is 2.46 bits per heavy atom. The normalized spacial score (nSPS) is 10.3. The van der Waals surface area contributed by atoms with Gasteiger partial charge in [0, 0.05) is 17.3 Å². The molecule has 2 rings (SSSR count). The Balaban J connectivity index is 1.90. The van der Waals surface area contributed by atoms with E-state index in [4.69, 9.17) is 23.2 Å². The second-order valence-electron chi connectivity index (χ2n) is 5.43. The second-order valence-corrected chi connectivity index (χ2v) is 5.86. The molecule has 0 radical (unpaired) electrons. The van der Waals surface area contributed by atoms with Crippen molar-refractivity contribution in [3.8, 4) is 0 Å². The number of hydrogen-bond donors (Lipinski definition) is 3. The van der Waals surface area contributed by atoms with Crippen molar-refractivity contribution in [1.82, 2.24) is 10.3 Å². The van der Waals surface area contributed by atoms with Crippen molar-refractivity contribution in [3.05, 3.63) is 64.2 Å². The number of aryl methyl sites for hydroxylation is 1. The van der Waals surface area contributed by atoms with Crippen LogP contribution in [0.3, 0.4) is 0 Å². The van der Waals surface area contributed by atoms with Crippen LogP contribution in [-0.2, 0) is 11.3 Å². The first-order valence-electron chi connectivity index (χ1n) is 7.30. The minimum atomic E-state index is -0.547. The molecular formula is C17H19ClN4O2. The zero-order valence-electron chi connectivity index (χ0n) is 13.3. The summed E-state index contributed by atoms with van der Waals surface area (Å²) in [6, 6.07) is 12.2. The second kappa shape index (κ2) is 7.81. The Kier molecular flexibility index (Phi) is 5.78. The van der Waals surface area contributed by atoms with Crippen molar-refractivity contribution < 1.29 is 9.59 Å². The topological polar surface area (TPSA) is 101 Å². The molecule has 0 heterocycles. The fourth-order valence-electron chi connectivity index (χ4n) is 2.07. The fourth-order valence-corrected chi connectivity index (χ4v) is 2.25. The van der Waals surface area contributed by atoms with Crippen molar-refractivity contribution in [2.45, 2.75) is 13.5 Å². The van der Waals surface area contributed by atoms with Crippen LogP contribution in [0, 0.1) is 6.92 Å². The minimum absolute atomic E-state index is 0.202. The maximum absolute atomic E-state index is 12.2. The molecule has 0 spiro atoms. The average Bonchev–Trinajstić information content (AvgIpc) is 2.53. The maximum atomic E-state index is 12.2. The standard InChI is InChI=1S/C17H19ClN4O2/c1-11-2-4-12(5-3-11)9-21-16(23)10-22(20)17(24)14-7-6-13(18)8-15(14)19/h2-8H,9-10,19-20H2,1H3,(H,21,23). The van der Waals surface area contributed by atoms with Gasteiger partial charge in [-0.3, -0.25) is 14.6 Å². The van der Waals surface area contributed by atoms with Gasteiger partial charge in [0.05, 0.1) is 5.56 Å². The maximum Gasteiger partial charge on any atom is 0.270 e. The average molecular weight is 347 g/mol. The van der Waals surface area contributed by atoms with Gasteiger partial charge in [0.1, 0.15) is 6.54 Å². The van der Waals surface area contributed by atoms with E-state index in [1.165, 1.54) is 18.2 Å². The third-order valence-corrected chi connectivity index (χ3v) is 3.66. The number of carbonyl (C=O) groups excluding carboxylic acids is 2. The molecule has 0 atom stereocenters. The summed E-state index contributed by atoms with van der Waals surface area (Å²) in [6.07, 6.45) is 0. The van der Waals surface area contributed by atoms with E-state index < -0.39 is 5.91 Å². The van der Waals surface area contributed by atoms with Crippen molar-refractivity contribution in [2.75, 3.05) is 12.3 Å². The molecule has 2 aromatic rings. The van der Waals surface area contributed by atoms with Crippen LogP contribution in [0.1, 0.15) is 21.5 Å². The lowest BCUT2D eigenvalue weighted by Gasteiger charge is -2.17. The number of benzene rings is 2. The van der Waals surface area contributed by atoms with Gasteiger partial charge in [-0.2, -0.15) is 0 Å². The zero-order chi connectivity index (χ0) is 17.7. The van der Waals surface area contributed by atoms with Gasteiger partial charge in [0.2, 0.25) is 5.91 Å². The number of halogens is 1. The lowest BCUT2D eigenvalue weighted by Crippen LogP contribution is -2.44. The van der Waals surface area contributed by atoms with Gasteiger partial charge in [-0.15, -0.1) is 0 Å². The highest BCUT2D eigenvalue weighted by Crippen LogP contribution is 2.18. The Morgan fingerprint density at radius 1 is 1.17 bits per heavy atom. The smallest absolute Gasteiger partial charge is 0.270 e. The fraction of sp³-hybridized carbons (Fsp3) is 0.176. The van der Waals surface area contributed by atoms with Gasteiger partial charge in [-0.25, -0.2) is 5.84 Å². The van der Waals surface area contributed by atoms with Crippen LogP contribution in [0.25, 0.3) is 0 Å². The SMILES string of the molecule is Cc1ccc(CNC(=O)CN(N)C(=O)c2ccc(Cl)cc2N)cc1. The Bertz CT molecular complexity index is 747. The zero-order valence-corrected chi connectivity index (χ0v) is 14.0. The first-order valence-corrected chi connectivity index (χ1v) is 7.68. The number of carbonyl (C=O) groups is 2. The Morgan fingerprint density at radius 2 is 1.83 bits per heavy atom. The van der Waals surface area contributed by atoms with Gasteiger partial charge < -0.3 is 11.1 Å². The molecule has 126 valence electrons. The van der Waals surface area contributed by atoms with Gasteiger partial charge in [0.15, 0.2) is 0 Å². The summed E-state index contributed by atoms with van der Waals surface area (Å²) < 4.78 is 0. The van der Waals surface area contributed by atoms with E-state index in [-0.39, 0.29) is 23.7 Å². The lowest BCUT2D eigenvalue weighted by molar-refractivity contribution is -0.122. The van der Waals surface area contributed by atoms with Gasteiger partial charge in [0.25, 0.3) is 5.91 Å². The molecular weight excluding hydrogens is 328 g/mol. The highest BCUT2D eigenvalue weighted by molar-refractivity contribution is 6.31. The number of nitrogen functional groups attached to an aromatic ring is 1. The highest BCUT2D eigenvalue weighted by Gasteiger charge is 2.18. The molecule has 6 nitrogen and oxygen atoms in total. The number of nitrogens with two attached hydrogens (primary N) is 2. The minimum Gasteiger partial charge on any atom is -0.398 e. The molecule has 7 heteroatoms. The van der Waals surface area contributed by atoms with Crippen molar-refractivity contribution in [2.24, 2.45) is 5.84 Å². The largest absolute Gasteiger partial charge is 0.398 e. The summed E-state index contributed by atoms with van der Waals surface area (Å²) in [5.41, 5.74) is 8.27. The number of amides is 2. The number of nitrogens with one attached hydrogen (secondary N) is 1. The van der Waals surface area contributed by atoms with E-state index in [1.807, 2.05) is 31.2 Å². The van der Waals surface area contributed by atoms with Crippen LogP contribution in [0.5, 0.6) is 0 Å². The van der Waals surface area contributed by atoms with Crippen molar-refractivity contribution in [3.63, 3.8) is 0 Å².